The molecule has 0 atom stereocenters. The van der Waals surface area contributed by atoms with Gasteiger partial charge in [-0.15, -0.1) is 10.2 Å². The first-order chi connectivity index (χ1) is 8.47. The van der Waals surface area contributed by atoms with E-state index in [4.69, 9.17) is 17.3 Å². The molecule has 1 heterocycles. The van der Waals surface area contributed by atoms with Gasteiger partial charge in [0.15, 0.2) is 11.0 Å². The van der Waals surface area contributed by atoms with Crippen LogP contribution in [0.25, 0.3) is 0 Å². The van der Waals surface area contributed by atoms with Crippen LogP contribution in [0.15, 0.2) is 41.3 Å². The number of aromatic nitrogens is 2. The molecule has 0 aliphatic carbocycles. The van der Waals surface area contributed by atoms with Crippen LogP contribution in [0.4, 0.5) is 11.5 Å². The minimum atomic E-state index is -3.69. The van der Waals surface area contributed by atoms with Gasteiger partial charge >= 0.3 is 0 Å². The van der Waals surface area contributed by atoms with E-state index >= 15 is 0 Å². The summed E-state index contributed by atoms with van der Waals surface area (Å²) >= 11 is 5.55. The molecule has 0 saturated heterocycles. The van der Waals surface area contributed by atoms with Crippen molar-refractivity contribution in [1.82, 2.24) is 10.2 Å². The van der Waals surface area contributed by atoms with Crippen molar-refractivity contribution in [3.63, 3.8) is 0 Å². The molecule has 0 bridgehead atoms. The fourth-order valence-electron chi connectivity index (χ4n) is 1.21. The summed E-state index contributed by atoms with van der Waals surface area (Å²) in [6.07, 6.45) is 0. The molecule has 3 N–H and O–H groups in total. The van der Waals surface area contributed by atoms with Gasteiger partial charge in [-0.2, -0.15) is 0 Å². The minimum absolute atomic E-state index is 0. The molecule has 0 aliphatic heterocycles. The third-order valence-electron chi connectivity index (χ3n) is 2.06. The summed E-state index contributed by atoms with van der Waals surface area (Å²) in [6, 6.07) is 8.67. The van der Waals surface area contributed by atoms with Crippen LogP contribution in [0.5, 0.6) is 0 Å². The van der Waals surface area contributed by atoms with E-state index in [1.165, 1.54) is 36.4 Å². The molecule has 0 aliphatic rings. The number of nitrogens with two attached hydrogens (primary N) is 1. The van der Waals surface area contributed by atoms with Gasteiger partial charge in [0.05, 0.1) is 4.90 Å². The van der Waals surface area contributed by atoms with Crippen molar-refractivity contribution in [2.75, 3.05) is 10.5 Å². The standard InChI is InChI=1S/C10H9ClN4O2S.K/c11-9-5-6-10(14-13-9)15-18(16,17)8-3-1-7(12)2-4-8;/h1-6H,12H2,(H,14,15);. The summed E-state index contributed by atoms with van der Waals surface area (Å²) in [7, 11) is -3.69. The maximum atomic E-state index is 11.9. The maximum Gasteiger partial charge on any atom is 0.263 e. The third-order valence-corrected chi connectivity index (χ3v) is 3.63. The summed E-state index contributed by atoms with van der Waals surface area (Å²) < 4.78 is 26.2. The number of sulfonamides is 1. The molecule has 95 valence electrons. The smallest absolute Gasteiger partial charge is 0.263 e. The normalized spacial score (nSPS) is 10.6. The van der Waals surface area contributed by atoms with Gasteiger partial charge in [0.1, 0.15) is 0 Å². The van der Waals surface area contributed by atoms with Crippen LogP contribution in [0.2, 0.25) is 5.15 Å². The Bertz CT molecular complexity index is 646. The SMILES string of the molecule is Nc1ccc(S(=O)(=O)Nc2ccc(Cl)nn2)cc1.[K]. The number of hydrogen-bond donors (Lipinski definition) is 2. The third kappa shape index (κ3) is 4.67. The monoisotopic (exact) mass is 323 g/mol. The van der Waals surface area contributed by atoms with Crippen molar-refractivity contribution < 1.29 is 8.42 Å². The zero-order valence-corrected chi connectivity index (χ0v) is 14.7. The van der Waals surface area contributed by atoms with E-state index in [0.717, 1.165) is 0 Å². The van der Waals surface area contributed by atoms with Crippen LogP contribution in [0, 0.1) is 0 Å². The predicted molar refractivity (Wildman–Crippen MR) is 74.5 cm³/mol. The second kappa shape index (κ2) is 6.98. The predicted octanol–water partition coefficient (Wildman–Crippen LogP) is 1.13. The van der Waals surface area contributed by atoms with Gasteiger partial charge in [0.25, 0.3) is 10.0 Å². The molecule has 2 rings (SSSR count). The van der Waals surface area contributed by atoms with Gasteiger partial charge in [-0.05, 0) is 36.4 Å². The van der Waals surface area contributed by atoms with E-state index < -0.39 is 10.0 Å². The number of anilines is 2. The van der Waals surface area contributed by atoms with Crippen LogP contribution in [0.1, 0.15) is 0 Å². The Morgan fingerprint density at radius 2 is 1.68 bits per heavy atom. The van der Waals surface area contributed by atoms with Crippen molar-refractivity contribution in [2.24, 2.45) is 0 Å². The quantitative estimate of drug-likeness (QED) is 0.652. The Kier molecular flexibility index (Phi) is 6.18. The fourth-order valence-corrected chi connectivity index (χ4v) is 2.31. The Morgan fingerprint density at radius 3 is 2.21 bits per heavy atom. The molecule has 1 aromatic heterocycles. The van der Waals surface area contributed by atoms with E-state index in [2.05, 4.69) is 14.9 Å². The van der Waals surface area contributed by atoms with Gasteiger partial charge in [-0.3, -0.25) is 4.72 Å². The Labute approximate surface area is 158 Å². The van der Waals surface area contributed by atoms with Crippen LogP contribution >= 0.6 is 11.6 Å². The van der Waals surface area contributed by atoms with E-state index in [1.807, 2.05) is 0 Å². The van der Waals surface area contributed by atoms with Crippen LogP contribution in [-0.4, -0.2) is 70.0 Å². The second-order valence-corrected chi connectivity index (χ2v) is 5.49. The van der Waals surface area contributed by atoms with Crippen molar-refractivity contribution in [1.29, 1.82) is 0 Å². The number of halogens is 1. The van der Waals surface area contributed by atoms with Crippen molar-refractivity contribution in [3.05, 3.63) is 41.6 Å². The van der Waals surface area contributed by atoms with E-state index in [1.54, 1.807) is 0 Å². The van der Waals surface area contributed by atoms with Crippen molar-refractivity contribution in [3.8, 4) is 0 Å². The maximum absolute atomic E-state index is 11.9. The molecule has 0 spiro atoms. The van der Waals surface area contributed by atoms with Crippen LogP contribution in [0.3, 0.4) is 0 Å². The molecule has 0 unspecified atom stereocenters. The first kappa shape index (κ1) is 16.8. The van der Waals surface area contributed by atoms with Crippen LogP contribution in [-0.2, 0) is 10.0 Å². The molecule has 0 saturated carbocycles. The van der Waals surface area contributed by atoms with Gasteiger partial charge in [-0.25, -0.2) is 8.42 Å². The fraction of sp³-hybridized carbons (Fsp3) is 0. The molecular formula is C10H9ClKN4O2S. The van der Waals surface area contributed by atoms with Crippen molar-refractivity contribution in [2.45, 2.75) is 4.90 Å². The summed E-state index contributed by atoms with van der Waals surface area (Å²) in [5, 5.41) is 7.33. The molecule has 2 aromatic rings. The Hall–Kier alpha value is -0.224. The summed E-state index contributed by atoms with van der Waals surface area (Å²) in [4.78, 5) is 0.0912. The molecular weight excluding hydrogens is 315 g/mol. The summed E-state index contributed by atoms with van der Waals surface area (Å²) in [5.41, 5.74) is 5.97. The van der Waals surface area contributed by atoms with E-state index in [-0.39, 0.29) is 67.3 Å². The van der Waals surface area contributed by atoms with Gasteiger partial charge in [0, 0.05) is 57.1 Å². The number of nitrogens with zero attached hydrogens (tertiary/aromatic N) is 2. The molecule has 1 radical (unpaired) electrons. The average Bonchev–Trinajstić information content (AvgIpc) is 2.32. The van der Waals surface area contributed by atoms with E-state index in [9.17, 15) is 8.42 Å². The zero-order valence-electron chi connectivity index (χ0n) is 10.0. The second-order valence-electron chi connectivity index (χ2n) is 3.42. The molecule has 6 nitrogen and oxygen atoms in total. The number of rotatable bonds is 3. The zero-order chi connectivity index (χ0) is 13.2. The Balaban J connectivity index is 0.00000180. The van der Waals surface area contributed by atoms with Gasteiger partial charge < -0.3 is 5.73 Å². The number of benzene rings is 1. The minimum Gasteiger partial charge on any atom is -0.399 e. The molecule has 19 heavy (non-hydrogen) atoms. The molecule has 1 aromatic carbocycles. The van der Waals surface area contributed by atoms with E-state index in [0.29, 0.717) is 5.69 Å². The first-order valence-electron chi connectivity index (χ1n) is 4.85. The van der Waals surface area contributed by atoms with Crippen molar-refractivity contribution >= 4 is 84.5 Å². The number of hydrogen-bond acceptors (Lipinski definition) is 5. The average molecular weight is 324 g/mol. The number of nitrogen functional groups attached to an aromatic ring is 1. The van der Waals surface area contributed by atoms with Gasteiger partial charge in [0.2, 0.25) is 0 Å². The van der Waals surface area contributed by atoms with Crippen LogP contribution < -0.4 is 10.5 Å². The largest absolute Gasteiger partial charge is 0.399 e. The Morgan fingerprint density at radius 1 is 1.05 bits per heavy atom. The summed E-state index contributed by atoms with van der Waals surface area (Å²) in [6.45, 7) is 0. The molecule has 0 fully saturated rings. The first-order valence-corrected chi connectivity index (χ1v) is 6.71. The molecule has 9 heteroatoms. The topological polar surface area (TPSA) is 98.0 Å². The number of nitrogens with one attached hydrogen (secondary N) is 1. The molecule has 0 amide bonds. The summed E-state index contributed by atoms with van der Waals surface area (Å²) in [5.74, 6) is 0.0937. The van der Waals surface area contributed by atoms with Gasteiger partial charge in [-0.1, -0.05) is 11.6 Å².